The molecule has 0 aromatic heterocycles. The molecule has 0 spiro atoms. The van der Waals surface area contributed by atoms with Crippen molar-refractivity contribution in [3.8, 4) is 5.75 Å². The van der Waals surface area contributed by atoms with Gasteiger partial charge in [-0.3, -0.25) is 4.79 Å². The Labute approximate surface area is 224 Å². The van der Waals surface area contributed by atoms with Gasteiger partial charge in [0.15, 0.2) is 0 Å². The van der Waals surface area contributed by atoms with Gasteiger partial charge in [0, 0.05) is 12.6 Å². The summed E-state index contributed by atoms with van der Waals surface area (Å²) in [4.78, 5) is 25.3. The van der Waals surface area contributed by atoms with Crippen molar-refractivity contribution in [3.63, 3.8) is 0 Å². The van der Waals surface area contributed by atoms with Gasteiger partial charge in [0.25, 0.3) is 5.91 Å². The smallest absolute Gasteiger partial charge is 0.336 e. The van der Waals surface area contributed by atoms with Crippen LogP contribution in [0, 0.1) is 0 Å². The van der Waals surface area contributed by atoms with Crippen molar-refractivity contribution in [2.45, 2.75) is 104 Å². The Morgan fingerprint density at radius 1 is 0.730 bits per heavy atom. The number of carbonyl (C=O) groups excluding carboxylic acids is 2. The van der Waals surface area contributed by atoms with E-state index in [-0.39, 0.29) is 5.91 Å². The summed E-state index contributed by atoms with van der Waals surface area (Å²) in [5.41, 5.74) is 2.33. The molecule has 0 aliphatic carbocycles. The van der Waals surface area contributed by atoms with Crippen LogP contribution in [0.25, 0.3) is 6.08 Å². The second kappa shape index (κ2) is 19.3. The van der Waals surface area contributed by atoms with Crippen LogP contribution >= 0.6 is 0 Å². The van der Waals surface area contributed by atoms with Crippen LogP contribution in [0.2, 0.25) is 0 Å². The molecular weight excluding hydrogens is 458 g/mol. The molecule has 0 saturated heterocycles. The minimum Gasteiger partial charge on any atom is -0.423 e. The van der Waals surface area contributed by atoms with E-state index in [0.29, 0.717) is 17.9 Å². The zero-order valence-corrected chi connectivity index (χ0v) is 23.1. The van der Waals surface area contributed by atoms with Crippen molar-refractivity contribution >= 4 is 18.0 Å². The van der Waals surface area contributed by atoms with Crippen LogP contribution in [0.4, 0.5) is 0 Å². The van der Waals surface area contributed by atoms with Gasteiger partial charge >= 0.3 is 5.97 Å². The third kappa shape index (κ3) is 12.8. The van der Waals surface area contributed by atoms with E-state index in [2.05, 4.69) is 12.2 Å². The topological polar surface area (TPSA) is 55.4 Å². The van der Waals surface area contributed by atoms with Gasteiger partial charge in [-0.05, 0) is 43.0 Å². The van der Waals surface area contributed by atoms with Gasteiger partial charge < -0.3 is 10.1 Å². The second-order valence-corrected chi connectivity index (χ2v) is 9.81. The number of carbonyl (C=O) groups is 2. The Hall–Kier alpha value is -2.88. The molecule has 0 fully saturated rings. The van der Waals surface area contributed by atoms with E-state index >= 15 is 0 Å². The number of nitrogens with one attached hydrogen (secondary N) is 1. The molecule has 0 atom stereocenters. The number of ether oxygens (including phenoxy) is 1. The fraction of sp³-hybridized carbons (Fsp3) is 0.515. The third-order valence-electron chi connectivity index (χ3n) is 6.65. The number of esters is 1. The zero-order valence-electron chi connectivity index (χ0n) is 23.1. The molecule has 2 rings (SSSR count). The Kier molecular flexibility index (Phi) is 15.8. The molecule has 2 aromatic carbocycles. The van der Waals surface area contributed by atoms with Crippen molar-refractivity contribution in [2.24, 2.45) is 0 Å². The number of unbranched alkanes of at least 4 members (excludes halogenated alkanes) is 12. The largest absolute Gasteiger partial charge is 0.423 e. The molecule has 0 aliphatic heterocycles. The van der Waals surface area contributed by atoms with Crippen LogP contribution in [0.1, 0.15) is 119 Å². The highest BCUT2D eigenvalue weighted by Crippen LogP contribution is 2.25. The van der Waals surface area contributed by atoms with Crippen LogP contribution in [-0.4, -0.2) is 18.4 Å². The number of hydrogen-bond acceptors (Lipinski definition) is 3. The van der Waals surface area contributed by atoms with Gasteiger partial charge in [-0.2, -0.15) is 0 Å². The quantitative estimate of drug-likeness (QED) is 0.0899. The van der Waals surface area contributed by atoms with Crippen molar-refractivity contribution < 1.29 is 14.3 Å². The van der Waals surface area contributed by atoms with E-state index in [9.17, 15) is 9.59 Å². The molecule has 1 amide bonds. The molecular formula is C33H47NO3. The highest BCUT2D eigenvalue weighted by molar-refractivity contribution is 6.00. The molecule has 0 unspecified atom stereocenters. The molecule has 4 heteroatoms. The molecule has 0 heterocycles. The maximum absolute atomic E-state index is 12.9. The maximum Gasteiger partial charge on any atom is 0.336 e. The lowest BCUT2D eigenvalue weighted by atomic mass is 9.98. The predicted octanol–water partition coefficient (Wildman–Crippen LogP) is 8.69. The van der Waals surface area contributed by atoms with Gasteiger partial charge in [0.1, 0.15) is 5.75 Å². The second-order valence-electron chi connectivity index (χ2n) is 9.81. The first-order valence-corrected chi connectivity index (χ1v) is 14.5. The molecule has 2 aromatic rings. The van der Waals surface area contributed by atoms with Crippen molar-refractivity contribution in [3.05, 3.63) is 71.3 Å². The highest BCUT2D eigenvalue weighted by Gasteiger charge is 2.18. The summed E-state index contributed by atoms with van der Waals surface area (Å²) in [5.74, 6) is -0.365. The molecule has 37 heavy (non-hydrogen) atoms. The summed E-state index contributed by atoms with van der Waals surface area (Å²) >= 11 is 0. The van der Waals surface area contributed by atoms with Gasteiger partial charge in [0.2, 0.25) is 0 Å². The Morgan fingerprint density at radius 2 is 1.32 bits per heavy atom. The normalized spacial score (nSPS) is 11.1. The van der Waals surface area contributed by atoms with E-state index in [0.717, 1.165) is 30.4 Å². The summed E-state index contributed by atoms with van der Waals surface area (Å²) in [6, 6.07) is 15.1. The number of amides is 1. The summed E-state index contributed by atoms with van der Waals surface area (Å²) in [6.07, 6.45) is 20.9. The predicted molar refractivity (Wildman–Crippen MR) is 155 cm³/mol. The summed E-state index contributed by atoms with van der Waals surface area (Å²) in [7, 11) is 0. The molecule has 4 nitrogen and oxygen atoms in total. The van der Waals surface area contributed by atoms with Crippen LogP contribution in [0.15, 0.2) is 54.6 Å². The van der Waals surface area contributed by atoms with Gasteiger partial charge in [-0.15, -0.1) is 0 Å². The first-order valence-electron chi connectivity index (χ1n) is 14.5. The van der Waals surface area contributed by atoms with Gasteiger partial charge in [-0.25, -0.2) is 4.79 Å². The average Bonchev–Trinajstić information content (AvgIpc) is 2.91. The van der Waals surface area contributed by atoms with Crippen LogP contribution < -0.4 is 10.1 Å². The number of benzene rings is 2. The van der Waals surface area contributed by atoms with E-state index in [1.54, 1.807) is 12.1 Å². The van der Waals surface area contributed by atoms with Crippen LogP contribution in [0.5, 0.6) is 5.75 Å². The van der Waals surface area contributed by atoms with E-state index in [4.69, 9.17) is 4.74 Å². The zero-order chi connectivity index (χ0) is 26.6. The minimum atomic E-state index is -0.493. The lowest BCUT2D eigenvalue weighted by Crippen LogP contribution is -2.25. The lowest BCUT2D eigenvalue weighted by Gasteiger charge is -2.14. The molecule has 202 valence electrons. The Bertz CT molecular complexity index is 936. The number of aryl methyl sites for hydroxylation is 1. The average molecular weight is 506 g/mol. The van der Waals surface area contributed by atoms with E-state index in [1.807, 2.05) is 49.4 Å². The summed E-state index contributed by atoms with van der Waals surface area (Å²) < 4.78 is 5.61. The van der Waals surface area contributed by atoms with E-state index < -0.39 is 5.97 Å². The first kappa shape index (κ1) is 30.3. The fourth-order valence-corrected chi connectivity index (χ4v) is 4.58. The summed E-state index contributed by atoms with van der Waals surface area (Å²) in [6.45, 7) is 4.68. The van der Waals surface area contributed by atoms with E-state index in [1.165, 1.54) is 76.7 Å². The molecule has 1 N–H and O–H groups in total. The van der Waals surface area contributed by atoms with Gasteiger partial charge in [0.05, 0.1) is 5.56 Å². The van der Waals surface area contributed by atoms with Gasteiger partial charge in [-0.1, -0.05) is 126 Å². The standard InChI is InChI=1S/C33H47NO3/c1-3-5-6-7-8-9-10-11-12-13-14-15-19-23-29-24-20-25-30(32(29)33(36)34-4-2)37-31(35)27-26-28-21-17-16-18-22-28/h16-18,20-22,24-27H,3-15,19,23H2,1-2H3,(H,34,36)/b27-26+. The maximum atomic E-state index is 12.9. The van der Waals surface area contributed by atoms with Crippen LogP contribution in [-0.2, 0) is 11.2 Å². The minimum absolute atomic E-state index is 0.192. The van der Waals surface area contributed by atoms with Crippen molar-refractivity contribution in [1.82, 2.24) is 5.32 Å². The SMILES string of the molecule is CCCCCCCCCCCCCCCc1cccc(OC(=O)/C=C/c2ccccc2)c1C(=O)NCC. The highest BCUT2D eigenvalue weighted by atomic mass is 16.5. The van der Waals surface area contributed by atoms with Crippen molar-refractivity contribution in [1.29, 1.82) is 0 Å². The Morgan fingerprint density at radius 3 is 1.92 bits per heavy atom. The lowest BCUT2D eigenvalue weighted by molar-refractivity contribution is -0.128. The summed E-state index contributed by atoms with van der Waals surface area (Å²) in [5, 5.41) is 2.87. The molecule has 0 bridgehead atoms. The monoisotopic (exact) mass is 505 g/mol. The van der Waals surface area contributed by atoms with Crippen LogP contribution in [0.3, 0.4) is 0 Å². The van der Waals surface area contributed by atoms with Crippen molar-refractivity contribution in [2.75, 3.05) is 6.54 Å². The molecule has 0 saturated carbocycles. The fourth-order valence-electron chi connectivity index (χ4n) is 4.58. The first-order chi connectivity index (χ1) is 18.2. The number of hydrogen-bond donors (Lipinski definition) is 1. The Balaban J connectivity index is 1.80. The third-order valence-corrected chi connectivity index (χ3v) is 6.65. The number of rotatable bonds is 19. The molecule has 0 radical (unpaired) electrons. The molecule has 0 aliphatic rings.